The fourth-order valence-corrected chi connectivity index (χ4v) is 5.26. The molecule has 2 aromatic carbocycles. The first-order valence-corrected chi connectivity index (χ1v) is 9.98. The van der Waals surface area contributed by atoms with Crippen LogP contribution in [0.15, 0.2) is 59.5 Å². The first-order chi connectivity index (χ1) is 12.5. The van der Waals surface area contributed by atoms with E-state index >= 15 is 0 Å². The SMILES string of the molecule is COC(=O)c1ccc(S(=O)(=O)N(CCF)c2cc3ccccc3s2)cc1. The van der Waals surface area contributed by atoms with E-state index in [4.69, 9.17) is 0 Å². The Labute approximate surface area is 154 Å². The third-order valence-electron chi connectivity index (χ3n) is 3.81. The van der Waals surface area contributed by atoms with E-state index in [1.54, 1.807) is 6.07 Å². The molecule has 3 aromatic rings. The minimum absolute atomic E-state index is 0.0175. The number of hydrogen-bond acceptors (Lipinski definition) is 5. The smallest absolute Gasteiger partial charge is 0.337 e. The minimum Gasteiger partial charge on any atom is -0.465 e. The molecule has 0 spiro atoms. The first kappa shape index (κ1) is 18.3. The number of thiophene rings is 1. The van der Waals surface area contributed by atoms with Crippen molar-refractivity contribution in [1.29, 1.82) is 0 Å². The summed E-state index contributed by atoms with van der Waals surface area (Å²) in [5, 5.41) is 1.34. The molecule has 0 aliphatic rings. The van der Waals surface area contributed by atoms with Crippen molar-refractivity contribution in [3.8, 4) is 0 Å². The molecule has 8 heteroatoms. The van der Waals surface area contributed by atoms with Crippen LogP contribution in [0.2, 0.25) is 0 Å². The second-order valence-electron chi connectivity index (χ2n) is 5.40. The number of sulfonamides is 1. The van der Waals surface area contributed by atoms with Gasteiger partial charge in [0.25, 0.3) is 10.0 Å². The van der Waals surface area contributed by atoms with E-state index in [1.165, 1.54) is 42.7 Å². The molecule has 0 fully saturated rings. The van der Waals surface area contributed by atoms with Gasteiger partial charge in [-0.3, -0.25) is 4.31 Å². The van der Waals surface area contributed by atoms with Crippen LogP contribution in [0.4, 0.5) is 9.39 Å². The van der Waals surface area contributed by atoms with Crippen LogP contribution in [0.5, 0.6) is 0 Å². The molecule has 0 aliphatic heterocycles. The lowest BCUT2D eigenvalue weighted by Gasteiger charge is -2.21. The van der Waals surface area contributed by atoms with E-state index in [9.17, 15) is 17.6 Å². The maximum absolute atomic E-state index is 13.1. The molecule has 0 saturated carbocycles. The van der Waals surface area contributed by atoms with Crippen molar-refractivity contribution in [2.45, 2.75) is 4.90 Å². The maximum Gasteiger partial charge on any atom is 0.337 e. The Hall–Kier alpha value is -2.45. The Bertz CT molecular complexity index is 996. The molecular weight excluding hydrogens is 377 g/mol. The number of fused-ring (bicyclic) bond motifs is 1. The molecule has 3 rings (SSSR count). The van der Waals surface area contributed by atoms with Gasteiger partial charge in [-0.2, -0.15) is 0 Å². The van der Waals surface area contributed by atoms with E-state index in [2.05, 4.69) is 4.74 Å². The third-order valence-corrected chi connectivity index (χ3v) is 6.89. The number of carbonyl (C=O) groups is 1. The van der Waals surface area contributed by atoms with Gasteiger partial charge < -0.3 is 4.74 Å². The van der Waals surface area contributed by atoms with Crippen LogP contribution in [0.25, 0.3) is 10.1 Å². The van der Waals surface area contributed by atoms with Crippen molar-refractivity contribution in [2.75, 3.05) is 24.6 Å². The van der Waals surface area contributed by atoms with Gasteiger partial charge in [0.15, 0.2) is 0 Å². The Morgan fingerprint density at radius 3 is 2.46 bits per heavy atom. The number of benzene rings is 2. The third kappa shape index (κ3) is 3.42. The number of anilines is 1. The number of esters is 1. The van der Waals surface area contributed by atoms with Crippen LogP contribution < -0.4 is 4.31 Å². The number of ether oxygens (including phenoxy) is 1. The standard InChI is InChI=1S/C18H16FNO4S2/c1-24-18(21)13-6-8-15(9-7-13)26(22,23)20(11-10-19)17-12-14-4-2-3-5-16(14)25-17/h2-9,12H,10-11H2,1H3. The summed E-state index contributed by atoms with van der Waals surface area (Å²) in [6, 6.07) is 14.6. The van der Waals surface area contributed by atoms with E-state index in [1.807, 2.05) is 24.3 Å². The van der Waals surface area contributed by atoms with E-state index in [0.717, 1.165) is 14.4 Å². The highest BCUT2D eigenvalue weighted by Gasteiger charge is 2.26. The normalized spacial score (nSPS) is 11.5. The van der Waals surface area contributed by atoms with Crippen molar-refractivity contribution in [3.63, 3.8) is 0 Å². The van der Waals surface area contributed by atoms with Crippen molar-refractivity contribution in [2.24, 2.45) is 0 Å². The van der Waals surface area contributed by atoms with Gasteiger partial charge in [-0.15, -0.1) is 11.3 Å². The van der Waals surface area contributed by atoms with Gasteiger partial charge in [0.2, 0.25) is 0 Å². The van der Waals surface area contributed by atoms with E-state index in [-0.39, 0.29) is 17.0 Å². The zero-order valence-corrected chi connectivity index (χ0v) is 15.5. The fourth-order valence-electron chi connectivity index (χ4n) is 2.52. The molecule has 0 atom stereocenters. The second-order valence-corrected chi connectivity index (χ2v) is 8.33. The zero-order chi connectivity index (χ0) is 18.7. The number of alkyl halides is 1. The number of carbonyl (C=O) groups excluding carboxylic acids is 1. The van der Waals surface area contributed by atoms with Crippen LogP contribution >= 0.6 is 11.3 Å². The highest BCUT2D eigenvalue weighted by molar-refractivity contribution is 7.93. The summed E-state index contributed by atoms with van der Waals surface area (Å²) in [6.07, 6.45) is 0. The van der Waals surface area contributed by atoms with Crippen molar-refractivity contribution in [3.05, 3.63) is 60.2 Å². The summed E-state index contributed by atoms with van der Waals surface area (Å²) in [5.41, 5.74) is 0.241. The number of methoxy groups -OCH3 is 1. The zero-order valence-electron chi connectivity index (χ0n) is 13.9. The van der Waals surface area contributed by atoms with Crippen LogP contribution in [0.1, 0.15) is 10.4 Å². The topological polar surface area (TPSA) is 63.7 Å². The van der Waals surface area contributed by atoms with Crippen LogP contribution in [-0.2, 0) is 14.8 Å². The van der Waals surface area contributed by atoms with E-state index < -0.39 is 22.7 Å². The largest absolute Gasteiger partial charge is 0.465 e. The molecule has 0 unspecified atom stereocenters. The molecule has 0 saturated heterocycles. The van der Waals surface area contributed by atoms with Gasteiger partial charge in [-0.25, -0.2) is 17.6 Å². The number of rotatable bonds is 6. The summed E-state index contributed by atoms with van der Waals surface area (Å²) in [7, 11) is -2.71. The second kappa shape index (κ2) is 7.43. The molecule has 0 N–H and O–H groups in total. The molecule has 0 radical (unpaired) electrons. The Kier molecular flexibility index (Phi) is 5.24. The van der Waals surface area contributed by atoms with Crippen LogP contribution in [-0.4, -0.2) is 34.7 Å². The molecule has 26 heavy (non-hydrogen) atoms. The summed E-state index contributed by atoms with van der Waals surface area (Å²) in [4.78, 5) is 11.5. The predicted molar refractivity (Wildman–Crippen MR) is 100 cm³/mol. The lowest BCUT2D eigenvalue weighted by atomic mass is 10.2. The van der Waals surface area contributed by atoms with Gasteiger partial charge in [0.05, 0.1) is 24.1 Å². The minimum atomic E-state index is -3.96. The van der Waals surface area contributed by atoms with E-state index in [0.29, 0.717) is 5.00 Å². The van der Waals surface area contributed by atoms with Gasteiger partial charge in [0.1, 0.15) is 11.7 Å². The molecule has 0 bridgehead atoms. The quantitative estimate of drug-likeness (QED) is 0.597. The maximum atomic E-state index is 13.1. The summed E-state index contributed by atoms with van der Waals surface area (Å²) in [6.45, 7) is -1.10. The Morgan fingerprint density at radius 1 is 1.15 bits per heavy atom. The lowest BCUT2D eigenvalue weighted by molar-refractivity contribution is 0.0600. The Balaban J connectivity index is 2.01. The highest BCUT2D eigenvalue weighted by atomic mass is 32.2. The predicted octanol–water partition coefficient (Wildman–Crippen LogP) is 3.85. The van der Waals surface area contributed by atoms with Gasteiger partial charge in [-0.1, -0.05) is 18.2 Å². The van der Waals surface area contributed by atoms with Crippen molar-refractivity contribution in [1.82, 2.24) is 0 Å². The summed E-state index contributed by atoms with van der Waals surface area (Å²) < 4.78 is 45.7. The molecule has 1 aromatic heterocycles. The highest BCUT2D eigenvalue weighted by Crippen LogP contribution is 2.35. The average molecular weight is 393 g/mol. The van der Waals surface area contributed by atoms with Gasteiger partial charge in [-0.05, 0) is 41.8 Å². The summed E-state index contributed by atoms with van der Waals surface area (Å²) >= 11 is 1.28. The lowest BCUT2D eigenvalue weighted by Crippen LogP contribution is -2.32. The molecule has 136 valence electrons. The number of nitrogens with zero attached hydrogens (tertiary/aromatic N) is 1. The monoisotopic (exact) mass is 393 g/mol. The molecule has 0 amide bonds. The summed E-state index contributed by atoms with van der Waals surface area (Å²) in [5.74, 6) is -0.556. The van der Waals surface area contributed by atoms with Crippen LogP contribution in [0.3, 0.4) is 0 Å². The Morgan fingerprint density at radius 2 is 1.85 bits per heavy atom. The van der Waals surface area contributed by atoms with Crippen LogP contribution in [0, 0.1) is 0 Å². The molecule has 5 nitrogen and oxygen atoms in total. The molecule has 1 heterocycles. The molecule has 0 aliphatic carbocycles. The van der Waals surface area contributed by atoms with Crippen molar-refractivity contribution >= 4 is 42.4 Å². The first-order valence-electron chi connectivity index (χ1n) is 7.73. The number of hydrogen-bond donors (Lipinski definition) is 0. The fraction of sp³-hybridized carbons (Fsp3) is 0.167. The molecular formula is C18H16FNO4S2. The number of halogens is 1. The van der Waals surface area contributed by atoms with Crippen molar-refractivity contribution < 1.29 is 22.3 Å². The average Bonchev–Trinajstić information content (AvgIpc) is 3.09. The van der Waals surface area contributed by atoms with Gasteiger partial charge >= 0.3 is 5.97 Å². The van der Waals surface area contributed by atoms with Gasteiger partial charge in [0, 0.05) is 4.70 Å².